The van der Waals surface area contributed by atoms with Crippen LogP contribution in [0.25, 0.3) is 10.2 Å². The number of nitrogens with zero attached hydrogens (tertiary/aromatic N) is 3. The number of fused-ring (bicyclic) bond motifs is 1. The summed E-state index contributed by atoms with van der Waals surface area (Å²) in [5, 5.41) is 14.6. The van der Waals surface area contributed by atoms with Gasteiger partial charge in [-0.15, -0.1) is 11.3 Å². The van der Waals surface area contributed by atoms with Gasteiger partial charge in [-0.2, -0.15) is 9.78 Å². The second-order valence-corrected chi connectivity index (χ2v) is 6.25. The highest BCUT2D eigenvalue weighted by atomic mass is 32.1. The second-order valence-electron chi connectivity index (χ2n) is 5.04. The van der Waals surface area contributed by atoms with E-state index < -0.39 is 0 Å². The molecule has 112 valence electrons. The summed E-state index contributed by atoms with van der Waals surface area (Å²) in [6, 6.07) is 6.83. The Morgan fingerprint density at radius 1 is 1.27 bits per heavy atom. The molecule has 0 bridgehead atoms. The monoisotopic (exact) mass is 313 g/mol. The van der Waals surface area contributed by atoms with E-state index in [1.54, 1.807) is 31.2 Å². The highest BCUT2D eigenvalue weighted by Crippen LogP contribution is 2.26. The molecule has 0 saturated carbocycles. The number of benzene rings is 1. The Morgan fingerprint density at radius 2 is 2.00 bits per heavy atom. The maximum atomic E-state index is 12.6. The van der Waals surface area contributed by atoms with Gasteiger partial charge < -0.3 is 5.11 Å². The largest absolute Gasteiger partial charge is 0.507 e. The first-order valence-electron chi connectivity index (χ1n) is 6.80. The first-order valence-corrected chi connectivity index (χ1v) is 7.62. The van der Waals surface area contributed by atoms with Crippen molar-refractivity contribution < 1.29 is 5.11 Å². The van der Waals surface area contributed by atoms with Crippen LogP contribution in [0, 0.1) is 20.8 Å². The second kappa shape index (κ2) is 5.38. The van der Waals surface area contributed by atoms with Crippen molar-refractivity contribution in [3.8, 4) is 5.75 Å². The van der Waals surface area contributed by atoms with Crippen molar-refractivity contribution >= 4 is 27.8 Å². The van der Waals surface area contributed by atoms with Crippen LogP contribution in [-0.2, 0) is 0 Å². The first kappa shape index (κ1) is 14.5. The molecule has 0 unspecified atom stereocenters. The third kappa shape index (κ3) is 2.31. The number of para-hydroxylation sites is 1. The Bertz CT molecular complexity index is 954. The molecule has 0 spiro atoms. The van der Waals surface area contributed by atoms with Crippen LogP contribution in [0.1, 0.15) is 21.8 Å². The van der Waals surface area contributed by atoms with Gasteiger partial charge in [-0.25, -0.2) is 4.98 Å². The summed E-state index contributed by atoms with van der Waals surface area (Å²) in [6.07, 6.45) is 1.46. The minimum atomic E-state index is -0.184. The topological polar surface area (TPSA) is 67.5 Å². The van der Waals surface area contributed by atoms with Crippen molar-refractivity contribution in [2.24, 2.45) is 5.10 Å². The molecule has 2 heterocycles. The lowest BCUT2D eigenvalue weighted by Crippen LogP contribution is -2.20. The van der Waals surface area contributed by atoms with Gasteiger partial charge in [-0.05, 0) is 38.5 Å². The SMILES string of the molecule is Cc1sc2nc(C)n(/N=C/c3ccccc3O)c(=O)c2c1C. The van der Waals surface area contributed by atoms with Crippen LogP contribution in [0.4, 0.5) is 0 Å². The molecular formula is C16H15N3O2S. The molecular weight excluding hydrogens is 298 g/mol. The summed E-state index contributed by atoms with van der Waals surface area (Å²) in [6.45, 7) is 5.64. The summed E-state index contributed by atoms with van der Waals surface area (Å²) in [5.74, 6) is 0.638. The smallest absolute Gasteiger partial charge is 0.283 e. The molecule has 6 heteroatoms. The summed E-state index contributed by atoms with van der Waals surface area (Å²) in [5.41, 5.74) is 1.31. The van der Waals surface area contributed by atoms with Gasteiger partial charge in [0.2, 0.25) is 0 Å². The molecule has 0 aliphatic rings. The summed E-state index contributed by atoms with van der Waals surface area (Å²) < 4.78 is 1.27. The lowest BCUT2D eigenvalue weighted by molar-refractivity contribution is 0.474. The predicted molar refractivity (Wildman–Crippen MR) is 89.2 cm³/mol. The Hall–Kier alpha value is -2.47. The van der Waals surface area contributed by atoms with E-state index in [-0.39, 0.29) is 11.3 Å². The molecule has 2 aromatic heterocycles. The highest BCUT2D eigenvalue weighted by Gasteiger charge is 2.14. The third-order valence-electron chi connectivity index (χ3n) is 3.59. The maximum Gasteiger partial charge on any atom is 0.283 e. The highest BCUT2D eigenvalue weighted by molar-refractivity contribution is 7.18. The van der Waals surface area contributed by atoms with Crippen molar-refractivity contribution in [1.29, 1.82) is 0 Å². The molecule has 1 aromatic carbocycles. The van der Waals surface area contributed by atoms with E-state index in [0.29, 0.717) is 16.8 Å². The summed E-state index contributed by atoms with van der Waals surface area (Å²) >= 11 is 1.52. The Labute approximate surface area is 131 Å². The fourth-order valence-electron chi connectivity index (χ4n) is 2.24. The van der Waals surface area contributed by atoms with Crippen molar-refractivity contribution in [1.82, 2.24) is 9.66 Å². The Kier molecular flexibility index (Phi) is 3.54. The molecule has 0 aliphatic carbocycles. The number of aromatic nitrogens is 2. The van der Waals surface area contributed by atoms with E-state index >= 15 is 0 Å². The molecule has 0 aliphatic heterocycles. The normalized spacial score (nSPS) is 11.6. The zero-order valence-electron chi connectivity index (χ0n) is 12.5. The minimum absolute atomic E-state index is 0.119. The predicted octanol–water partition coefficient (Wildman–Crippen LogP) is 2.97. The van der Waals surface area contributed by atoms with E-state index in [4.69, 9.17) is 0 Å². The molecule has 1 N–H and O–H groups in total. The molecule has 3 aromatic rings. The van der Waals surface area contributed by atoms with Crippen molar-refractivity contribution in [3.05, 3.63) is 56.4 Å². The quantitative estimate of drug-likeness (QED) is 0.740. The van der Waals surface area contributed by atoms with E-state index in [0.717, 1.165) is 15.3 Å². The number of phenols is 1. The van der Waals surface area contributed by atoms with Gasteiger partial charge in [0.15, 0.2) is 0 Å². The average molecular weight is 313 g/mol. The number of phenolic OH excluding ortho intramolecular Hbond substituents is 1. The van der Waals surface area contributed by atoms with Crippen molar-refractivity contribution in [2.75, 3.05) is 0 Å². The summed E-state index contributed by atoms with van der Waals surface area (Å²) in [7, 11) is 0. The average Bonchev–Trinajstić information content (AvgIpc) is 2.75. The fraction of sp³-hybridized carbons (Fsp3) is 0.188. The van der Waals surface area contributed by atoms with Crippen molar-refractivity contribution in [3.63, 3.8) is 0 Å². The van der Waals surface area contributed by atoms with E-state index in [1.807, 2.05) is 13.8 Å². The zero-order chi connectivity index (χ0) is 15.9. The van der Waals surface area contributed by atoms with Gasteiger partial charge in [-0.1, -0.05) is 12.1 Å². The number of aromatic hydroxyl groups is 1. The number of aryl methyl sites for hydroxylation is 3. The van der Waals surface area contributed by atoms with Gasteiger partial charge in [-0.3, -0.25) is 4.79 Å². The third-order valence-corrected chi connectivity index (χ3v) is 4.69. The van der Waals surface area contributed by atoms with Gasteiger partial charge in [0.1, 0.15) is 16.4 Å². The van der Waals surface area contributed by atoms with Crippen molar-refractivity contribution in [2.45, 2.75) is 20.8 Å². The zero-order valence-corrected chi connectivity index (χ0v) is 13.3. The lowest BCUT2D eigenvalue weighted by atomic mass is 10.2. The minimum Gasteiger partial charge on any atom is -0.507 e. The van der Waals surface area contributed by atoms with Crippen LogP contribution in [0.3, 0.4) is 0 Å². The first-order chi connectivity index (χ1) is 10.5. The molecule has 22 heavy (non-hydrogen) atoms. The number of hydrogen-bond donors (Lipinski definition) is 1. The lowest BCUT2D eigenvalue weighted by Gasteiger charge is -2.04. The number of thiophene rings is 1. The molecule has 0 radical (unpaired) electrons. The van der Waals surface area contributed by atoms with E-state index in [2.05, 4.69) is 10.1 Å². The Balaban J connectivity index is 2.17. The number of hydrogen-bond acceptors (Lipinski definition) is 5. The van der Waals surface area contributed by atoms with Gasteiger partial charge in [0, 0.05) is 10.4 Å². The van der Waals surface area contributed by atoms with Crippen LogP contribution >= 0.6 is 11.3 Å². The van der Waals surface area contributed by atoms with Crippen LogP contribution in [-0.4, -0.2) is 21.0 Å². The standard InChI is InChI=1S/C16H15N3O2S/c1-9-10(2)22-15-14(9)16(21)19(11(3)18-15)17-8-12-6-4-5-7-13(12)20/h4-8,20H,1-3H3/b17-8+. The molecule has 0 fully saturated rings. The molecule has 5 nitrogen and oxygen atoms in total. The van der Waals surface area contributed by atoms with Crippen LogP contribution < -0.4 is 5.56 Å². The molecule has 3 rings (SSSR count). The van der Waals surface area contributed by atoms with Crippen LogP contribution in [0.5, 0.6) is 5.75 Å². The number of rotatable bonds is 2. The van der Waals surface area contributed by atoms with Crippen LogP contribution in [0.15, 0.2) is 34.2 Å². The van der Waals surface area contributed by atoms with E-state index in [1.165, 1.54) is 22.2 Å². The molecule has 0 atom stereocenters. The van der Waals surface area contributed by atoms with E-state index in [9.17, 15) is 9.90 Å². The maximum absolute atomic E-state index is 12.6. The van der Waals surface area contributed by atoms with Gasteiger partial charge >= 0.3 is 0 Å². The van der Waals surface area contributed by atoms with Gasteiger partial charge in [0.25, 0.3) is 5.56 Å². The van der Waals surface area contributed by atoms with Crippen LogP contribution in [0.2, 0.25) is 0 Å². The molecule has 0 amide bonds. The summed E-state index contributed by atoms with van der Waals surface area (Å²) in [4.78, 5) is 18.9. The van der Waals surface area contributed by atoms with Gasteiger partial charge in [0.05, 0.1) is 11.6 Å². The molecule has 0 saturated heterocycles. The fourth-order valence-corrected chi connectivity index (χ4v) is 3.30. The Morgan fingerprint density at radius 3 is 2.73 bits per heavy atom.